The molecule has 0 saturated heterocycles. The summed E-state index contributed by atoms with van der Waals surface area (Å²) in [6.45, 7) is 2.06. The van der Waals surface area contributed by atoms with E-state index in [2.05, 4.69) is 0 Å². The van der Waals surface area contributed by atoms with Gasteiger partial charge in [0.2, 0.25) is 0 Å². The predicted molar refractivity (Wildman–Crippen MR) is 70.5 cm³/mol. The molecule has 0 amide bonds. The maximum atomic E-state index is 12.4. The molecule has 0 spiro atoms. The van der Waals surface area contributed by atoms with E-state index in [1.807, 2.05) is 0 Å². The molecule has 1 rings (SSSR count). The standard InChI is InChI=1S/C12H19NO4S/c1-9(6-7-16-2)18(14,15)12-5-4-10(13)8-11(12)17-3/h4-5,8-9H,6-7,13H2,1-3H3. The highest BCUT2D eigenvalue weighted by Crippen LogP contribution is 2.29. The van der Waals surface area contributed by atoms with Crippen molar-refractivity contribution in [2.24, 2.45) is 0 Å². The summed E-state index contributed by atoms with van der Waals surface area (Å²) in [5.74, 6) is 0.277. The van der Waals surface area contributed by atoms with E-state index in [-0.39, 0.29) is 10.6 Å². The van der Waals surface area contributed by atoms with E-state index in [1.165, 1.54) is 19.2 Å². The van der Waals surface area contributed by atoms with Crippen LogP contribution in [-0.4, -0.2) is 34.5 Å². The Balaban J connectivity index is 3.12. The summed E-state index contributed by atoms with van der Waals surface area (Å²) < 4.78 is 34.7. The van der Waals surface area contributed by atoms with Crippen LogP contribution in [-0.2, 0) is 14.6 Å². The SMILES string of the molecule is COCCC(C)S(=O)(=O)c1ccc(N)cc1OC. The molecule has 0 radical (unpaired) electrons. The van der Waals surface area contributed by atoms with Crippen LogP contribution in [0.5, 0.6) is 5.75 Å². The normalized spacial score (nSPS) is 13.3. The Kier molecular flexibility index (Phi) is 4.98. The second-order valence-corrected chi connectivity index (χ2v) is 6.38. The molecule has 0 heterocycles. The third-order valence-electron chi connectivity index (χ3n) is 2.75. The number of rotatable bonds is 6. The van der Waals surface area contributed by atoms with Crippen molar-refractivity contribution in [3.63, 3.8) is 0 Å². The summed E-state index contributed by atoms with van der Waals surface area (Å²) in [5, 5.41) is -0.532. The number of ether oxygens (including phenoxy) is 2. The van der Waals surface area contributed by atoms with Gasteiger partial charge in [0.15, 0.2) is 9.84 Å². The molecular formula is C12H19NO4S. The number of sulfone groups is 1. The van der Waals surface area contributed by atoms with Crippen molar-refractivity contribution in [1.82, 2.24) is 0 Å². The fourth-order valence-corrected chi connectivity index (χ4v) is 3.10. The van der Waals surface area contributed by atoms with Crippen molar-refractivity contribution in [3.05, 3.63) is 18.2 Å². The molecule has 0 aliphatic carbocycles. The van der Waals surface area contributed by atoms with Gasteiger partial charge in [-0.3, -0.25) is 0 Å². The number of anilines is 1. The van der Waals surface area contributed by atoms with Gasteiger partial charge in [-0.25, -0.2) is 8.42 Å². The lowest BCUT2D eigenvalue weighted by molar-refractivity contribution is 0.194. The summed E-state index contributed by atoms with van der Waals surface area (Å²) in [4.78, 5) is 0.169. The molecule has 0 saturated carbocycles. The second kappa shape index (κ2) is 6.06. The van der Waals surface area contributed by atoms with Gasteiger partial charge in [-0.15, -0.1) is 0 Å². The lowest BCUT2D eigenvalue weighted by atomic mass is 10.3. The van der Waals surface area contributed by atoms with Crippen molar-refractivity contribution in [2.45, 2.75) is 23.5 Å². The summed E-state index contributed by atoms with van der Waals surface area (Å²) in [5.41, 5.74) is 6.08. The molecule has 102 valence electrons. The second-order valence-electron chi connectivity index (χ2n) is 4.05. The van der Waals surface area contributed by atoms with Gasteiger partial charge in [0.25, 0.3) is 0 Å². The quantitative estimate of drug-likeness (QED) is 0.794. The number of methoxy groups -OCH3 is 2. The van der Waals surface area contributed by atoms with Crippen molar-refractivity contribution in [2.75, 3.05) is 26.6 Å². The Morgan fingerprint density at radius 3 is 2.56 bits per heavy atom. The van der Waals surface area contributed by atoms with E-state index >= 15 is 0 Å². The van der Waals surface area contributed by atoms with Crippen LogP contribution >= 0.6 is 0 Å². The van der Waals surface area contributed by atoms with Crippen molar-refractivity contribution < 1.29 is 17.9 Å². The Bertz CT molecular complexity index is 499. The average molecular weight is 273 g/mol. The number of hydrogen-bond donors (Lipinski definition) is 1. The van der Waals surface area contributed by atoms with Gasteiger partial charge >= 0.3 is 0 Å². The lowest BCUT2D eigenvalue weighted by Crippen LogP contribution is -2.20. The van der Waals surface area contributed by atoms with Gasteiger partial charge in [0, 0.05) is 25.5 Å². The molecule has 0 aromatic heterocycles. The average Bonchev–Trinajstić information content (AvgIpc) is 2.35. The topological polar surface area (TPSA) is 78.6 Å². The molecule has 0 bridgehead atoms. The summed E-state index contributed by atoms with van der Waals surface area (Å²) in [6, 6.07) is 4.54. The molecule has 2 N–H and O–H groups in total. The van der Waals surface area contributed by atoms with Crippen LogP contribution in [0.4, 0.5) is 5.69 Å². The predicted octanol–water partition coefficient (Wildman–Crippen LogP) is 1.48. The molecule has 6 heteroatoms. The van der Waals surface area contributed by atoms with Crippen LogP contribution in [0.25, 0.3) is 0 Å². The van der Waals surface area contributed by atoms with Crippen LogP contribution in [0.1, 0.15) is 13.3 Å². The van der Waals surface area contributed by atoms with E-state index in [1.54, 1.807) is 20.1 Å². The highest BCUT2D eigenvalue weighted by Gasteiger charge is 2.26. The maximum absolute atomic E-state index is 12.4. The highest BCUT2D eigenvalue weighted by atomic mass is 32.2. The first kappa shape index (κ1) is 14.8. The van der Waals surface area contributed by atoms with Crippen LogP contribution in [0.2, 0.25) is 0 Å². The first-order valence-corrected chi connectivity index (χ1v) is 7.14. The van der Waals surface area contributed by atoms with E-state index in [0.29, 0.717) is 18.7 Å². The highest BCUT2D eigenvalue weighted by molar-refractivity contribution is 7.92. The van der Waals surface area contributed by atoms with Crippen LogP contribution in [0.3, 0.4) is 0 Å². The van der Waals surface area contributed by atoms with Crippen LogP contribution in [0, 0.1) is 0 Å². The number of nitrogens with two attached hydrogens (primary N) is 1. The Morgan fingerprint density at radius 1 is 1.33 bits per heavy atom. The third-order valence-corrected chi connectivity index (χ3v) is 5.00. The van der Waals surface area contributed by atoms with Gasteiger partial charge in [-0.2, -0.15) is 0 Å². The molecule has 1 atom stereocenters. The van der Waals surface area contributed by atoms with Gasteiger partial charge in [-0.1, -0.05) is 0 Å². The minimum absolute atomic E-state index is 0.169. The summed E-state index contributed by atoms with van der Waals surface area (Å²) in [6.07, 6.45) is 0.437. The minimum atomic E-state index is -3.43. The third kappa shape index (κ3) is 3.14. The first-order chi connectivity index (χ1) is 8.43. The molecule has 1 aromatic rings. The molecular weight excluding hydrogens is 254 g/mol. The fraction of sp³-hybridized carbons (Fsp3) is 0.500. The zero-order valence-electron chi connectivity index (χ0n) is 10.8. The summed E-state index contributed by atoms with van der Waals surface area (Å²) >= 11 is 0. The van der Waals surface area contributed by atoms with E-state index < -0.39 is 15.1 Å². The van der Waals surface area contributed by atoms with E-state index in [9.17, 15) is 8.42 Å². The minimum Gasteiger partial charge on any atom is -0.495 e. The number of benzene rings is 1. The molecule has 0 aliphatic rings. The molecule has 1 aromatic carbocycles. The van der Waals surface area contributed by atoms with Gasteiger partial charge in [0.05, 0.1) is 12.4 Å². The Morgan fingerprint density at radius 2 is 2.00 bits per heavy atom. The molecule has 1 unspecified atom stereocenters. The smallest absolute Gasteiger partial charge is 0.184 e. The van der Waals surface area contributed by atoms with Gasteiger partial charge in [0.1, 0.15) is 10.6 Å². The lowest BCUT2D eigenvalue weighted by Gasteiger charge is -2.15. The molecule has 0 aliphatic heterocycles. The van der Waals surface area contributed by atoms with Gasteiger partial charge < -0.3 is 15.2 Å². The van der Waals surface area contributed by atoms with Crippen molar-refractivity contribution in [1.29, 1.82) is 0 Å². The Labute approximate surface area is 108 Å². The molecule has 5 nitrogen and oxygen atoms in total. The number of hydrogen-bond acceptors (Lipinski definition) is 5. The van der Waals surface area contributed by atoms with Crippen molar-refractivity contribution in [3.8, 4) is 5.75 Å². The van der Waals surface area contributed by atoms with E-state index in [0.717, 1.165) is 0 Å². The zero-order chi connectivity index (χ0) is 13.8. The van der Waals surface area contributed by atoms with Crippen LogP contribution < -0.4 is 10.5 Å². The fourth-order valence-electron chi connectivity index (χ4n) is 1.57. The van der Waals surface area contributed by atoms with Crippen molar-refractivity contribution >= 4 is 15.5 Å². The van der Waals surface area contributed by atoms with Gasteiger partial charge in [-0.05, 0) is 25.5 Å². The molecule has 18 heavy (non-hydrogen) atoms. The Hall–Kier alpha value is -1.27. The zero-order valence-corrected chi connectivity index (χ0v) is 11.7. The monoisotopic (exact) mass is 273 g/mol. The maximum Gasteiger partial charge on any atom is 0.184 e. The summed E-state index contributed by atoms with van der Waals surface area (Å²) in [7, 11) is -0.462. The largest absolute Gasteiger partial charge is 0.495 e. The van der Waals surface area contributed by atoms with Crippen LogP contribution in [0.15, 0.2) is 23.1 Å². The first-order valence-electron chi connectivity index (χ1n) is 5.59. The van der Waals surface area contributed by atoms with E-state index in [4.69, 9.17) is 15.2 Å². The molecule has 0 fully saturated rings. The number of nitrogen functional groups attached to an aromatic ring is 1.